The number of aromatic nitrogens is 3. The summed E-state index contributed by atoms with van der Waals surface area (Å²) in [5.41, 5.74) is 6.80. The normalized spacial score (nSPS) is 14.0. The molecule has 4 heterocycles. The van der Waals surface area contributed by atoms with E-state index in [1.54, 1.807) is 72.9 Å². The monoisotopic (exact) mass is 794 g/mol. The van der Waals surface area contributed by atoms with Gasteiger partial charge in [0.25, 0.3) is 0 Å². The third kappa shape index (κ3) is 7.28. The molecule has 0 aliphatic rings. The quantitative estimate of drug-likeness (QED) is 0.163. The van der Waals surface area contributed by atoms with Crippen molar-refractivity contribution in [2.75, 3.05) is 0 Å². The van der Waals surface area contributed by atoms with Gasteiger partial charge in [-0.3, -0.25) is 4.98 Å². The molecule has 0 saturated heterocycles. The minimum absolute atomic E-state index is 0. The van der Waals surface area contributed by atoms with E-state index >= 15 is 0 Å². The van der Waals surface area contributed by atoms with Crippen molar-refractivity contribution in [1.29, 1.82) is 0 Å². The van der Waals surface area contributed by atoms with E-state index in [-0.39, 0.29) is 36.9 Å². The van der Waals surface area contributed by atoms with Gasteiger partial charge in [-0.1, -0.05) is 78.9 Å². The van der Waals surface area contributed by atoms with E-state index in [9.17, 15) is 0 Å². The zero-order chi connectivity index (χ0) is 38.1. The minimum Gasteiger partial charge on any atom is -0.499 e. The number of furan rings is 1. The fourth-order valence-corrected chi connectivity index (χ4v) is 5.03. The maximum atomic E-state index is 8.70. The molecule has 8 rings (SSSR count). The number of benzene rings is 4. The Bertz CT molecular complexity index is 2540. The molecule has 0 fully saturated rings. The van der Waals surface area contributed by atoms with Crippen molar-refractivity contribution >= 4 is 22.1 Å². The Morgan fingerprint density at radius 1 is 0.723 bits per heavy atom. The molecule has 0 amide bonds. The maximum Gasteiger partial charge on any atom is 0.139 e. The minimum atomic E-state index is -2.34. The summed E-state index contributed by atoms with van der Waals surface area (Å²) in [4.78, 5) is 13.4. The van der Waals surface area contributed by atoms with Crippen molar-refractivity contribution in [3.05, 3.63) is 174 Å². The van der Waals surface area contributed by atoms with Crippen LogP contribution in [0.15, 0.2) is 144 Å². The molecule has 0 bridgehead atoms. The Kier molecular flexibility index (Phi) is 7.13. The van der Waals surface area contributed by atoms with Crippen LogP contribution in [0.25, 0.3) is 55.7 Å². The average Bonchev–Trinajstić information content (AvgIpc) is 3.56. The van der Waals surface area contributed by atoms with Gasteiger partial charge in [-0.05, 0) is 64.9 Å². The topological polar surface area (TPSA) is 51.8 Å². The number of pyridine rings is 3. The van der Waals surface area contributed by atoms with Gasteiger partial charge in [0.05, 0.1) is 11.1 Å². The maximum absolute atomic E-state index is 8.70. The molecule has 47 heavy (non-hydrogen) atoms. The van der Waals surface area contributed by atoms with Crippen LogP contribution in [0.4, 0.5) is 0 Å². The van der Waals surface area contributed by atoms with Crippen molar-refractivity contribution in [3.63, 3.8) is 0 Å². The molecular weight excluding hydrogens is 755 g/mol. The van der Waals surface area contributed by atoms with Gasteiger partial charge in [0.1, 0.15) is 5.58 Å². The van der Waals surface area contributed by atoms with E-state index in [1.807, 2.05) is 60.7 Å². The fraction of sp³-hybridized carbons (Fsp3) is 0.0714. The zero-order valence-electron chi connectivity index (χ0n) is 32.9. The van der Waals surface area contributed by atoms with Gasteiger partial charge in [-0.15, -0.1) is 59.7 Å². The molecule has 1 radical (unpaired) electrons. The zero-order valence-corrected chi connectivity index (χ0v) is 27.3. The van der Waals surface area contributed by atoms with Crippen molar-refractivity contribution in [1.82, 2.24) is 15.0 Å². The molecule has 4 aromatic heterocycles. The van der Waals surface area contributed by atoms with Crippen LogP contribution in [0, 0.1) is 25.8 Å². The van der Waals surface area contributed by atoms with Crippen LogP contribution in [0.2, 0.25) is 0 Å². The van der Waals surface area contributed by atoms with Crippen LogP contribution in [0.5, 0.6) is 0 Å². The van der Waals surface area contributed by atoms with Gasteiger partial charge in [0.2, 0.25) is 0 Å². The molecule has 0 aliphatic carbocycles. The van der Waals surface area contributed by atoms with Crippen LogP contribution in [-0.4, -0.2) is 15.0 Å². The summed E-state index contributed by atoms with van der Waals surface area (Å²) in [5.74, 6) is 0. The molecular formula is C42H31IrN3O-2. The van der Waals surface area contributed by atoms with Gasteiger partial charge >= 0.3 is 0 Å². The van der Waals surface area contributed by atoms with Crippen LogP contribution >= 0.6 is 0 Å². The number of nitrogens with zero attached hydrogens (tertiary/aromatic N) is 3. The summed E-state index contributed by atoms with van der Waals surface area (Å²) >= 11 is 0. The second-order valence-corrected chi connectivity index (χ2v) is 10.5. The SMILES string of the molecule is [2H]C([2H])([2H])c1cc(-c2[c-]cc3oc4ccc(C([2H])([2H])c5ccccc5)nc4c3c2)ncc1-c1ccccc1.[2H]C([2H])([2H])c1ccc(-c2[c-]cccc2)nc1.[Ir]. The first-order chi connectivity index (χ1) is 25.8. The molecule has 231 valence electrons. The smallest absolute Gasteiger partial charge is 0.139 e. The Labute approximate surface area is 299 Å². The second kappa shape index (κ2) is 14.5. The largest absolute Gasteiger partial charge is 0.499 e. The number of hydrogen-bond donors (Lipinski definition) is 0. The van der Waals surface area contributed by atoms with Gasteiger partial charge < -0.3 is 14.4 Å². The van der Waals surface area contributed by atoms with Gasteiger partial charge in [-0.25, -0.2) is 0 Å². The predicted octanol–water partition coefficient (Wildman–Crippen LogP) is 10.3. The fourth-order valence-electron chi connectivity index (χ4n) is 5.03. The molecule has 0 N–H and O–H groups in total. The number of hydrogen-bond acceptors (Lipinski definition) is 4. The van der Waals surface area contributed by atoms with Crippen LogP contribution in [0.1, 0.15) is 33.4 Å². The first-order valence-electron chi connectivity index (χ1n) is 18.6. The molecule has 4 nitrogen and oxygen atoms in total. The molecule has 4 aromatic carbocycles. The van der Waals surface area contributed by atoms with Crippen LogP contribution in [0.3, 0.4) is 0 Å². The molecule has 0 aliphatic heterocycles. The third-order valence-corrected chi connectivity index (χ3v) is 7.31. The van der Waals surface area contributed by atoms with Crippen LogP contribution < -0.4 is 0 Å². The summed E-state index contributed by atoms with van der Waals surface area (Å²) in [6.45, 7) is -4.43. The van der Waals surface area contributed by atoms with E-state index in [4.69, 9.17) is 15.4 Å². The molecule has 5 heteroatoms. The molecule has 0 spiro atoms. The summed E-state index contributed by atoms with van der Waals surface area (Å²) < 4.78 is 69.4. The third-order valence-electron chi connectivity index (χ3n) is 7.31. The number of rotatable bonds is 5. The van der Waals surface area contributed by atoms with E-state index < -0.39 is 20.1 Å². The molecule has 0 unspecified atom stereocenters. The molecule has 8 aromatic rings. The van der Waals surface area contributed by atoms with E-state index in [2.05, 4.69) is 27.1 Å². The van der Waals surface area contributed by atoms with Crippen molar-refractivity contribution in [2.45, 2.75) is 20.1 Å². The van der Waals surface area contributed by atoms with Gasteiger partial charge in [-0.2, -0.15) is 0 Å². The summed E-state index contributed by atoms with van der Waals surface area (Å²) in [6.07, 6.45) is 1.18. The van der Waals surface area contributed by atoms with E-state index in [0.717, 1.165) is 16.8 Å². The Morgan fingerprint density at radius 2 is 1.53 bits per heavy atom. The Morgan fingerprint density at radius 3 is 2.28 bits per heavy atom. The second-order valence-electron chi connectivity index (χ2n) is 10.5. The predicted molar refractivity (Wildman–Crippen MR) is 186 cm³/mol. The van der Waals surface area contributed by atoms with Gasteiger partial charge in [0.15, 0.2) is 0 Å². The van der Waals surface area contributed by atoms with Crippen molar-refractivity contribution in [3.8, 4) is 33.6 Å². The Hall–Kier alpha value is -5.22. The first-order valence-corrected chi connectivity index (χ1v) is 14.6. The molecule has 0 saturated carbocycles. The number of fused-ring (bicyclic) bond motifs is 3. The van der Waals surface area contributed by atoms with Crippen molar-refractivity contribution < 1.29 is 35.5 Å². The van der Waals surface area contributed by atoms with Crippen molar-refractivity contribution in [2.24, 2.45) is 0 Å². The van der Waals surface area contributed by atoms with E-state index in [1.165, 1.54) is 6.20 Å². The van der Waals surface area contributed by atoms with Gasteiger partial charge in [0, 0.05) is 61.1 Å². The number of aryl methyl sites for hydroxylation is 2. The summed E-state index contributed by atoms with van der Waals surface area (Å²) in [5, 5.41) is 0.670. The van der Waals surface area contributed by atoms with E-state index in [0.29, 0.717) is 44.5 Å². The summed E-state index contributed by atoms with van der Waals surface area (Å²) in [7, 11) is 0. The average molecular weight is 794 g/mol. The Balaban J connectivity index is 0.000000254. The van der Waals surface area contributed by atoms with Crippen LogP contribution in [-0.2, 0) is 26.5 Å². The molecule has 0 atom stereocenters. The summed E-state index contributed by atoms with van der Waals surface area (Å²) in [6, 6.07) is 43.6. The standard InChI is InChI=1S/C30H21N2O.C12H10N.Ir/c1-20-16-27(31-19-26(20)22-10-6-3-7-11-22)23-12-14-28-25(18-23)30-29(33-28)15-13-24(32-30)17-21-8-4-2-5-9-21;1-10-7-8-12(13-9-10)11-5-3-2-4-6-11;/h2-11,13-16,18-19H,17H2,1H3;2-5,7-9H,1H3;/q2*-1;/i1D3,17D2;1D3;. The first kappa shape index (κ1) is 23.2.